The van der Waals surface area contributed by atoms with Crippen molar-refractivity contribution < 1.29 is 24.2 Å². The Hall–Kier alpha value is -5.08. The van der Waals surface area contributed by atoms with Gasteiger partial charge in [-0.1, -0.05) is 17.7 Å². The number of benzene rings is 2. The first-order chi connectivity index (χ1) is 23.8. The van der Waals surface area contributed by atoms with Gasteiger partial charge in [0.15, 0.2) is 0 Å². The van der Waals surface area contributed by atoms with Crippen LogP contribution in [-0.2, 0) is 30.2 Å². The number of carbonyl (C=O) groups is 2. The molecular weight excluding hydrogens is 684 g/mol. The zero-order chi connectivity index (χ0) is 35.5. The maximum absolute atomic E-state index is 15.1. The normalized spacial score (nSPS) is 22.8. The Morgan fingerprint density at radius 1 is 1.02 bits per heavy atom. The van der Waals surface area contributed by atoms with Gasteiger partial charge in [0.05, 0.1) is 43.0 Å². The van der Waals surface area contributed by atoms with Crippen LogP contribution in [0.4, 0.5) is 5.82 Å². The molecule has 3 aromatic heterocycles. The third kappa shape index (κ3) is 4.14. The van der Waals surface area contributed by atoms with Crippen LogP contribution in [0.3, 0.4) is 0 Å². The average molecular weight is 717 g/mol. The molecule has 13 nitrogen and oxygen atoms in total. The molecule has 2 amide bonds. The summed E-state index contributed by atoms with van der Waals surface area (Å²) in [6.45, 7) is 3.83. The summed E-state index contributed by atoms with van der Waals surface area (Å²) in [5.74, 6) is -1.99. The molecule has 1 saturated heterocycles. The van der Waals surface area contributed by atoms with Crippen molar-refractivity contribution in [1.29, 1.82) is 0 Å². The van der Waals surface area contributed by atoms with Gasteiger partial charge in [-0.25, -0.2) is 28.4 Å². The minimum Gasteiger partial charge on any atom is -0.508 e. The zero-order valence-corrected chi connectivity index (χ0v) is 29.6. The minimum absolute atomic E-state index is 0.0807. The predicted molar refractivity (Wildman–Crippen MR) is 187 cm³/mol. The summed E-state index contributed by atoms with van der Waals surface area (Å²) in [5, 5.41) is 16.9. The molecule has 8 rings (SSSR count). The largest absolute Gasteiger partial charge is 0.508 e. The van der Waals surface area contributed by atoms with Crippen LogP contribution in [0.25, 0.3) is 20.7 Å². The summed E-state index contributed by atoms with van der Waals surface area (Å²) < 4.78 is 17.9. The van der Waals surface area contributed by atoms with E-state index >= 15 is 4.79 Å². The van der Waals surface area contributed by atoms with Gasteiger partial charge in [-0.2, -0.15) is 5.10 Å². The number of nitrogens with zero attached hydrogens (tertiary/aromatic N) is 6. The number of thiophene rings is 1. The van der Waals surface area contributed by atoms with Gasteiger partial charge in [0.2, 0.25) is 11.8 Å². The van der Waals surface area contributed by atoms with E-state index in [0.29, 0.717) is 27.7 Å². The van der Waals surface area contributed by atoms with Crippen LogP contribution >= 0.6 is 22.9 Å². The van der Waals surface area contributed by atoms with Crippen LogP contribution in [-0.4, -0.2) is 54.9 Å². The topological polar surface area (TPSA) is 143 Å². The molecule has 4 unspecified atom stereocenters. The monoisotopic (exact) mass is 716 g/mol. The van der Waals surface area contributed by atoms with E-state index in [2.05, 4.69) is 0 Å². The van der Waals surface area contributed by atoms with Crippen LogP contribution in [0.15, 0.2) is 57.6 Å². The Balaban J connectivity index is 1.32. The number of aryl methyl sites for hydroxylation is 2. The Labute approximate surface area is 294 Å². The third-order valence-corrected chi connectivity index (χ3v) is 12.3. The smallest absolute Gasteiger partial charge is 0.347 e. The molecule has 5 heterocycles. The van der Waals surface area contributed by atoms with Crippen LogP contribution < -0.4 is 25.8 Å². The molecule has 1 saturated carbocycles. The highest BCUT2D eigenvalue weighted by atomic mass is 35.5. The number of methoxy groups -OCH3 is 2. The number of anilines is 1. The van der Waals surface area contributed by atoms with Gasteiger partial charge in [0, 0.05) is 53.5 Å². The second kappa shape index (κ2) is 11.0. The van der Waals surface area contributed by atoms with Crippen molar-refractivity contribution in [1.82, 2.24) is 23.7 Å². The third-order valence-electron chi connectivity index (χ3n) is 10.8. The van der Waals surface area contributed by atoms with Crippen molar-refractivity contribution >= 4 is 50.7 Å². The number of phenolic OH excluding ortho intramolecular Hbond substituents is 1. The number of carbonyl (C=O) groups excluding carboxylic acids is 2. The standard InChI is InChI=1S/C35H33ClN6O7S/c1-16-20-11-17(36)7-8-26(20)50-30(16)22-15-27(39(4)37-22)41-31(44)21-14-23-19(9-10-40-33(46)38(3)34(47)42(23)40)29(35(21,2)32(41)45)28-24(48-5)12-18(43)13-25(28)49-6/h7-9,11-13,15,21,23,29,43H,10,14H2,1-6H3. The minimum atomic E-state index is -1.40. The number of phenols is 1. The fourth-order valence-electron chi connectivity index (χ4n) is 8.34. The number of aromatic nitrogens is 5. The summed E-state index contributed by atoms with van der Waals surface area (Å²) in [6.07, 6.45) is 1.94. The SMILES string of the molecule is COc1cc(O)cc(OC)c1C1C2=CCn3c(=O)n(C)c(=O)n3C2CC2C(=O)N(c3cc(-c4sc5ccc(Cl)cc5c4C)nn3C)C(=O)C21C. The van der Waals surface area contributed by atoms with E-state index in [9.17, 15) is 19.5 Å². The first-order valence-corrected chi connectivity index (χ1v) is 17.2. The molecule has 50 heavy (non-hydrogen) atoms. The molecule has 5 aromatic rings. The van der Waals surface area contributed by atoms with Gasteiger partial charge >= 0.3 is 11.4 Å². The first kappa shape index (κ1) is 32.1. The maximum atomic E-state index is 15.1. The Bertz CT molecular complexity index is 2440. The lowest BCUT2D eigenvalue weighted by atomic mass is 9.56. The van der Waals surface area contributed by atoms with Crippen LogP contribution in [0, 0.1) is 18.3 Å². The van der Waals surface area contributed by atoms with Gasteiger partial charge < -0.3 is 14.6 Å². The highest BCUT2D eigenvalue weighted by Crippen LogP contribution is 2.63. The number of allylic oxidation sites excluding steroid dienone is 2. The molecule has 2 aliphatic heterocycles. The Morgan fingerprint density at radius 3 is 2.40 bits per heavy atom. The van der Waals surface area contributed by atoms with Crippen LogP contribution in [0.1, 0.15) is 36.4 Å². The van der Waals surface area contributed by atoms with Gasteiger partial charge in [-0.05, 0) is 55.0 Å². The van der Waals surface area contributed by atoms with Crippen molar-refractivity contribution in [2.45, 2.75) is 38.8 Å². The molecule has 2 fully saturated rings. The molecular formula is C35H33ClN6O7S. The molecule has 15 heteroatoms. The predicted octanol–water partition coefficient (Wildman–Crippen LogP) is 4.51. The van der Waals surface area contributed by atoms with E-state index < -0.39 is 46.5 Å². The van der Waals surface area contributed by atoms with E-state index in [-0.39, 0.29) is 30.2 Å². The second-order valence-electron chi connectivity index (χ2n) is 13.2. The van der Waals surface area contributed by atoms with Crippen molar-refractivity contribution in [2.24, 2.45) is 25.4 Å². The quantitative estimate of drug-likeness (QED) is 0.207. The number of ether oxygens (including phenoxy) is 2. The maximum Gasteiger partial charge on any atom is 0.347 e. The van der Waals surface area contributed by atoms with E-state index in [4.69, 9.17) is 26.2 Å². The lowest BCUT2D eigenvalue weighted by Crippen LogP contribution is -2.49. The zero-order valence-electron chi connectivity index (χ0n) is 28.1. The van der Waals surface area contributed by atoms with Crippen LogP contribution in [0.5, 0.6) is 17.2 Å². The lowest BCUT2D eigenvalue weighted by molar-refractivity contribution is -0.129. The second-order valence-corrected chi connectivity index (χ2v) is 14.7. The number of aromatic hydroxyl groups is 1. The van der Waals surface area contributed by atoms with Gasteiger partial charge in [0.1, 0.15) is 28.8 Å². The summed E-state index contributed by atoms with van der Waals surface area (Å²) in [5.41, 5.74) is 0.309. The summed E-state index contributed by atoms with van der Waals surface area (Å²) >= 11 is 7.84. The Kier molecular flexibility index (Phi) is 7.05. The highest BCUT2D eigenvalue weighted by Gasteiger charge is 2.66. The highest BCUT2D eigenvalue weighted by molar-refractivity contribution is 7.22. The number of hydrogen-bond acceptors (Lipinski definition) is 9. The van der Waals surface area contributed by atoms with Crippen molar-refractivity contribution in [3.05, 3.63) is 85.2 Å². The van der Waals surface area contributed by atoms with E-state index in [1.54, 1.807) is 31.4 Å². The molecule has 0 spiro atoms. The summed E-state index contributed by atoms with van der Waals surface area (Å²) in [7, 11) is 6.00. The molecule has 1 N–H and O–H groups in total. The van der Waals surface area contributed by atoms with Crippen LogP contribution in [0.2, 0.25) is 5.02 Å². The van der Waals surface area contributed by atoms with Crippen molar-refractivity contribution in [3.8, 4) is 27.8 Å². The van der Waals surface area contributed by atoms with Gasteiger partial charge in [-0.3, -0.25) is 14.3 Å². The van der Waals surface area contributed by atoms with Crippen molar-refractivity contribution in [2.75, 3.05) is 19.1 Å². The van der Waals surface area contributed by atoms with E-state index in [0.717, 1.165) is 25.1 Å². The summed E-state index contributed by atoms with van der Waals surface area (Å²) in [4.78, 5) is 58.5. The number of halogens is 1. The molecule has 4 atom stereocenters. The van der Waals surface area contributed by atoms with E-state index in [1.807, 2.05) is 31.2 Å². The average Bonchev–Trinajstić information content (AvgIpc) is 3.75. The molecule has 2 aromatic carbocycles. The van der Waals surface area contributed by atoms with Crippen molar-refractivity contribution in [3.63, 3.8) is 0 Å². The number of amides is 2. The number of fused-ring (bicyclic) bond motifs is 5. The summed E-state index contributed by atoms with van der Waals surface area (Å²) in [6, 6.07) is 9.58. The molecule has 0 bridgehead atoms. The molecule has 0 radical (unpaired) electrons. The number of hydrogen-bond donors (Lipinski definition) is 1. The van der Waals surface area contributed by atoms with Gasteiger partial charge in [-0.15, -0.1) is 11.3 Å². The fourth-order valence-corrected chi connectivity index (χ4v) is 9.65. The number of rotatable bonds is 5. The number of imide groups is 1. The molecule has 1 aliphatic carbocycles. The lowest BCUT2D eigenvalue weighted by Gasteiger charge is -2.47. The first-order valence-electron chi connectivity index (χ1n) is 16.0. The van der Waals surface area contributed by atoms with Gasteiger partial charge in [0.25, 0.3) is 0 Å². The molecule has 3 aliphatic rings. The Morgan fingerprint density at radius 2 is 1.72 bits per heavy atom. The molecule has 258 valence electrons. The fraction of sp³-hybridized carbons (Fsp3) is 0.343. The van der Waals surface area contributed by atoms with E-state index in [1.165, 1.54) is 52.3 Å².